The SMILES string of the molecule is C=Cc1ccc(CCCN2CCOCC2)o1. The normalized spacial score (nSPS) is 17.5. The van der Waals surface area contributed by atoms with E-state index in [2.05, 4.69) is 11.5 Å². The van der Waals surface area contributed by atoms with Crippen LogP contribution in [0.5, 0.6) is 0 Å². The van der Waals surface area contributed by atoms with Gasteiger partial charge in [-0.15, -0.1) is 0 Å². The van der Waals surface area contributed by atoms with Crippen molar-refractivity contribution < 1.29 is 9.15 Å². The number of ether oxygens (including phenoxy) is 1. The molecule has 2 heterocycles. The molecule has 0 bridgehead atoms. The molecule has 0 spiro atoms. The standard InChI is InChI=1S/C13H19NO2/c1-2-12-5-6-13(16-12)4-3-7-14-8-10-15-11-9-14/h2,5-6H,1,3-4,7-11H2. The van der Waals surface area contributed by atoms with Gasteiger partial charge in [-0.05, 0) is 31.2 Å². The number of nitrogens with zero attached hydrogens (tertiary/aromatic N) is 1. The molecule has 0 saturated carbocycles. The van der Waals surface area contributed by atoms with Crippen LogP contribution in [0.3, 0.4) is 0 Å². The first-order valence-corrected chi connectivity index (χ1v) is 5.90. The second-order valence-corrected chi connectivity index (χ2v) is 4.07. The van der Waals surface area contributed by atoms with E-state index >= 15 is 0 Å². The van der Waals surface area contributed by atoms with E-state index in [1.54, 1.807) is 6.08 Å². The van der Waals surface area contributed by atoms with E-state index in [1.165, 1.54) is 0 Å². The Labute approximate surface area is 96.7 Å². The maximum atomic E-state index is 5.56. The lowest BCUT2D eigenvalue weighted by atomic mass is 10.2. The molecular formula is C13H19NO2. The predicted octanol–water partition coefficient (Wildman–Crippen LogP) is 2.19. The average molecular weight is 221 g/mol. The number of hydrogen-bond acceptors (Lipinski definition) is 3. The van der Waals surface area contributed by atoms with Crippen LogP contribution in [0.2, 0.25) is 0 Å². The second kappa shape index (κ2) is 5.87. The van der Waals surface area contributed by atoms with Gasteiger partial charge in [-0.1, -0.05) is 6.58 Å². The van der Waals surface area contributed by atoms with Gasteiger partial charge in [-0.2, -0.15) is 0 Å². The van der Waals surface area contributed by atoms with Crippen molar-refractivity contribution in [1.29, 1.82) is 0 Å². The van der Waals surface area contributed by atoms with E-state index in [9.17, 15) is 0 Å². The van der Waals surface area contributed by atoms with Gasteiger partial charge in [-0.3, -0.25) is 4.90 Å². The third kappa shape index (κ3) is 3.22. The Balaban J connectivity index is 1.68. The van der Waals surface area contributed by atoms with E-state index in [0.29, 0.717) is 0 Å². The van der Waals surface area contributed by atoms with E-state index in [-0.39, 0.29) is 0 Å². The zero-order valence-electron chi connectivity index (χ0n) is 9.65. The van der Waals surface area contributed by atoms with Gasteiger partial charge in [0.1, 0.15) is 11.5 Å². The van der Waals surface area contributed by atoms with Crippen LogP contribution in [-0.4, -0.2) is 37.7 Å². The third-order valence-corrected chi connectivity index (χ3v) is 2.88. The molecule has 1 fully saturated rings. The quantitative estimate of drug-likeness (QED) is 0.762. The maximum absolute atomic E-state index is 5.56. The first-order chi connectivity index (χ1) is 7.88. The van der Waals surface area contributed by atoms with Crippen molar-refractivity contribution in [3.05, 3.63) is 30.2 Å². The highest BCUT2D eigenvalue weighted by Gasteiger charge is 2.09. The van der Waals surface area contributed by atoms with Gasteiger partial charge in [0, 0.05) is 19.5 Å². The molecule has 3 heteroatoms. The summed E-state index contributed by atoms with van der Waals surface area (Å²) in [7, 11) is 0. The van der Waals surface area contributed by atoms with Crippen LogP contribution in [0.1, 0.15) is 17.9 Å². The molecule has 0 aliphatic carbocycles. The summed E-state index contributed by atoms with van der Waals surface area (Å²) in [4.78, 5) is 2.45. The van der Waals surface area contributed by atoms with E-state index in [4.69, 9.17) is 9.15 Å². The molecule has 1 aliphatic heterocycles. The van der Waals surface area contributed by atoms with Crippen LogP contribution in [0.15, 0.2) is 23.1 Å². The molecule has 2 rings (SSSR count). The van der Waals surface area contributed by atoms with E-state index in [0.717, 1.165) is 57.2 Å². The van der Waals surface area contributed by atoms with Crippen LogP contribution in [0.25, 0.3) is 6.08 Å². The van der Waals surface area contributed by atoms with Crippen LogP contribution < -0.4 is 0 Å². The summed E-state index contributed by atoms with van der Waals surface area (Å²) in [5.74, 6) is 1.92. The summed E-state index contributed by atoms with van der Waals surface area (Å²) >= 11 is 0. The van der Waals surface area contributed by atoms with Crippen LogP contribution in [0, 0.1) is 0 Å². The van der Waals surface area contributed by atoms with Crippen molar-refractivity contribution in [3.8, 4) is 0 Å². The monoisotopic (exact) mass is 221 g/mol. The summed E-state index contributed by atoms with van der Waals surface area (Å²) in [6, 6.07) is 4.01. The van der Waals surface area contributed by atoms with Gasteiger partial charge in [0.2, 0.25) is 0 Å². The zero-order chi connectivity index (χ0) is 11.2. The van der Waals surface area contributed by atoms with Crippen LogP contribution in [-0.2, 0) is 11.2 Å². The lowest BCUT2D eigenvalue weighted by Gasteiger charge is -2.26. The minimum Gasteiger partial charge on any atom is -0.462 e. The molecular weight excluding hydrogens is 202 g/mol. The molecule has 1 aromatic rings. The van der Waals surface area contributed by atoms with Gasteiger partial charge in [0.05, 0.1) is 13.2 Å². The molecule has 0 aromatic carbocycles. The number of furan rings is 1. The summed E-state index contributed by atoms with van der Waals surface area (Å²) in [6.07, 6.45) is 3.89. The topological polar surface area (TPSA) is 25.6 Å². The Morgan fingerprint density at radius 1 is 1.31 bits per heavy atom. The first-order valence-electron chi connectivity index (χ1n) is 5.90. The maximum Gasteiger partial charge on any atom is 0.126 e. The summed E-state index contributed by atoms with van der Waals surface area (Å²) in [6.45, 7) is 8.70. The van der Waals surface area contributed by atoms with E-state index < -0.39 is 0 Å². The minimum atomic E-state index is 0.862. The van der Waals surface area contributed by atoms with Crippen molar-refractivity contribution >= 4 is 6.08 Å². The van der Waals surface area contributed by atoms with Crippen molar-refractivity contribution in [2.75, 3.05) is 32.8 Å². The largest absolute Gasteiger partial charge is 0.462 e. The van der Waals surface area contributed by atoms with Crippen molar-refractivity contribution in [2.24, 2.45) is 0 Å². The predicted molar refractivity (Wildman–Crippen MR) is 64.4 cm³/mol. The Hall–Kier alpha value is -1.06. The zero-order valence-corrected chi connectivity index (χ0v) is 9.65. The first kappa shape index (κ1) is 11.4. The number of rotatable bonds is 5. The molecule has 0 N–H and O–H groups in total. The highest BCUT2D eigenvalue weighted by Crippen LogP contribution is 2.11. The van der Waals surface area contributed by atoms with Crippen molar-refractivity contribution in [3.63, 3.8) is 0 Å². The highest BCUT2D eigenvalue weighted by molar-refractivity contribution is 5.39. The molecule has 88 valence electrons. The molecule has 0 unspecified atom stereocenters. The fourth-order valence-corrected chi connectivity index (χ4v) is 1.94. The fraction of sp³-hybridized carbons (Fsp3) is 0.538. The molecule has 0 radical (unpaired) electrons. The van der Waals surface area contributed by atoms with Crippen LogP contribution >= 0.6 is 0 Å². The van der Waals surface area contributed by atoms with Gasteiger partial charge >= 0.3 is 0 Å². The smallest absolute Gasteiger partial charge is 0.126 e. The molecule has 16 heavy (non-hydrogen) atoms. The Kier molecular flexibility index (Phi) is 4.19. The van der Waals surface area contributed by atoms with E-state index in [1.807, 2.05) is 12.1 Å². The van der Waals surface area contributed by atoms with Gasteiger partial charge in [-0.25, -0.2) is 0 Å². The van der Waals surface area contributed by atoms with Crippen LogP contribution in [0.4, 0.5) is 0 Å². The average Bonchev–Trinajstić information content (AvgIpc) is 2.78. The number of hydrogen-bond donors (Lipinski definition) is 0. The lowest BCUT2D eigenvalue weighted by Crippen LogP contribution is -2.36. The summed E-state index contributed by atoms with van der Waals surface area (Å²) < 4.78 is 10.9. The molecule has 3 nitrogen and oxygen atoms in total. The minimum absolute atomic E-state index is 0.862. The Morgan fingerprint density at radius 3 is 2.81 bits per heavy atom. The fourth-order valence-electron chi connectivity index (χ4n) is 1.94. The molecule has 1 aromatic heterocycles. The number of aryl methyl sites for hydroxylation is 1. The van der Waals surface area contributed by atoms with Gasteiger partial charge < -0.3 is 9.15 Å². The number of morpholine rings is 1. The molecule has 0 atom stereocenters. The third-order valence-electron chi connectivity index (χ3n) is 2.88. The lowest BCUT2D eigenvalue weighted by molar-refractivity contribution is 0.0373. The second-order valence-electron chi connectivity index (χ2n) is 4.07. The Morgan fingerprint density at radius 2 is 2.12 bits per heavy atom. The Bertz CT molecular complexity index is 326. The highest BCUT2D eigenvalue weighted by atomic mass is 16.5. The molecule has 0 amide bonds. The summed E-state index contributed by atoms with van der Waals surface area (Å²) in [5.41, 5.74) is 0. The summed E-state index contributed by atoms with van der Waals surface area (Å²) in [5, 5.41) is 0. The molecule has 1 saturated heterocycles. The van der Waals surface area contributed by atoms with Gasteiger partial charge in [0.25, 0.3) is 0 Å². The molecule has 1 aliphatic rings. The van der Waals surface area contributed by atoms with Crippen molar-refractivity contribution in [2.45, 2.75) is 12.8 Å². The van der Waals surface area contributed by atoms with Gasteiger partial charge in [0.15, 0.2) is 0 Å². The van der Waals surface area contributed by atoms with Crippen molar-refractivity contribution in [1.82, 2.24) is 4.90 Å².